The second-order valence-electron chi connectivity index (χ2n) is 6.77. The van der Waals surface area contributed by atoms with E-state index < -0.39 is 5.54 Å². The number of ether oxygens (including phenoxy) is 1. The van der Waals surface area contributed by atoms with Gasteiger partial charge in [0.25, 0.3) is 0 Å². The van der Waals surface area contributed by atoms with E-state index >= 15 is 0 Å². The first-order valence-electron chi connectivity index (χ1n) is 8.39. The fourth-order valence-electron chi connectivity index (χ4n) is 3.16. The van der Waals surface area contributed by atoms with Crippen LogP contribution in [0.4, 0.5) is 4.79 Å². The van der Waals surface area contributed by atoms with Crippen molar-refractivity contribution in [2.75, 3.05) is 40.9 Å². The number of nitrogens with zero attached hydrogens (tertiary/aromatic N) is 6. The Morgan fingerprint density at radius 1 is 1.46 bits per heavy atom. The van der Waals surface area contributed by atoms with Crippen LogP contribution in [-0.4, -0.2) is 83.0 Å². The number of hydrogen-bond acceptors (Lipinski definition) is 6. The third-order valence-corrected chi connectivity index (χ3v) is 4.48. The van der Waals surface area contributed by atoms with Gasteiger partial charge in [-0.2, -0.15) is 0 Å². The van der Waals surface area contributed by atoms with Crippen molar-refractivity contribution in [3.63, 3.8) is 0 Å². The molecule has 0 radical (unpaired) electrons. The molecule has 1 atom stereocenters. The van der Waals surface area contributed by atoms with Crippen LogP contribution in [0.1, 0.15) is 32.5 Å². The number of amides is 2. The standard InChI is InChI=1S/C15H29N7O2/c1-12(2)16-14(23)21-8-6-7-15(11-21,20(3)4)13-17-18-19-22(13)9-10-24-5/h12H,6-11H2,1-5H3,(H,16,23). The van der Waals surface area contributed by atoms with Gasteiger partial charge in [-0.05, 0) is 51.2 Å². The summed E-state index contributed by atoms with van der Waals surface area (Å²) < 4.78 is 6.93. The molecule has 0 spiro atoms. The van der Waals surface area contributed by atoms with Crippen molar-refractivity contribution in [2.24, 2.45) is 0 Å². The third kappa shape index (κ3) is 3.84. The smallest absolute Gasteiger partial charge is 0.317 e. The molecule has 2 amide bonds. The van der Waals surface area contributed by atoms with Gasteiger partial charge >= 0.3 is 6.03 Å². The van der Waals surface area contributed by atoms with Gasteiger partial charge in [0, 0.05) is 26.2 Å². The Bertz CT molecular complexity index is 546. The van der Waals surface area contributed by atoms with Crippen molar-refractivity contribution < 1.29 is 9.53 Å². The van der Waals surface area contributed by atoms with E-state index in [2.05, 4.69) is 25.7 Å². The summed E-state index contributed by atoms with van der Waals surface area (Å²) in [6.45, 7) is 6.37. The van der Waals surface area contributed by atoms with E-state index in [1.54, 1.807) is 11.8 Å². The number of rotatable bonds is 6. The average Bonchev–Trinajstić information content (AvgIpc) is 3.01. The van der Waals surface area contributed by atoms with Gasteiger partial charge in [0.15, 0.2) is 5.82 Å². The normalized spacial score (nSPS) is 21.5. The zero-order valence-corrected chi connectivity index (χ0v) is 15.3. The number of likely N-dealkylation sites (tertiary alicyclic amines) is 1. The molecule has 1 saturated heterocycles. The molecule has 9 nitrogen and oxygen atoms in total. The maximum absolute atomic E-state index is 12.5. The van der Waals surface area contributed by atoms with Crippen LogP contribution in [0.3, 0.4) is 0 Å². The number of carbonyl (C=O) groups excluding carboxylic acids is 1. The summed E-state index contributed by atoms with van der Waals surface area (Å²) >= 11 is 0. The van der Waals surface area contributed by atoms with E-state index in [-0.39, 0.29) is 12.1 Å². The number of carbonyl (C=O) groups is 1. The zero-order valence-electron chi connectivity index (χ0n) is 15.3. The second-order valence-corrected chi connectivity index (χ2v) is 6.77. The fourth-order valence-corrected chi connectivity index (χ4v) is 3.16. The van der Waals surface area contributed by atoms with Gasteiger partial charge in [-0.1, -0.05) is 0 Å². The van der Waals surface area contributed by atoms with Crippen LogP contribution in [0.2, 0.25) is 0 Å². The molecule has 0 aliphatic carbocycles. The summed E-state index contributed by atoms with van der Waals surface area (Å²) in [6.07, 6.45) is 1.81. The summed E-state index contributed by atoms with van der Waals surface area (Å²) in [7, 11) is 5.68. The maximum Gasteiger partial charge on any atom is 0.317 e. The minimum Gasteiger partial charge on any atom is -0.383 e. The number of methoxy groups -OCH3 is 1. The molecule has 0 bridgehead atoms. The lowest BCUT2D eigenvalue weighted by molar-refractivity contribution is 0.0440. The maximum atomic E-state index is 12.5. The van der Waals surface area contributed by atoms with Gasteiger partial charge < -0.3 is 15.0 Å². The zero-order chi connectivity index (χ0) is 17.7. The van der Waals surface area contributed by atoms with Crippen LogP contribution in [0.5, 0.6) is 0 Å². The van der Waals surface area contributed by atoms with Gasteiger partial charge in [-0.3, -0.25) is 4.90 Å². The van der Waals surface area contributed by atoms with Gasteiger partial charge in [0.2, 0.25) is 0 Å². The molecule has 1 aliphatic rings. The molecule has 1 fully saturated rings. The number of hydrogen-bond donors (Lipinski definition) is 1. The van der Waals surface area contributed by atoms with Crippen molar-refractivity contribution in [3.8, 4) is 0 Å². The predicted octanol–water partition coefficient (Wildman–Crippen LogP) is 0.290. The Balaban J connectivity index is 2.27. The van der Waals surface area contributed by atoms with Gasteiger partial charge in [0.05, 0.1) is 13.2 Å². The molecule has 1 aliphatic heterocycles. The first-order chi connectivity index (χ1) is 11.4. The van der Waals surface area contributed by atoms with E-state index in [0.717, 1.165) is 25.2 Å². The Kier molecular flexibility index (Phi) is 6.11. The predicted molar refractivity (Wildman–Crippen MR) is 89.5 cm³/mol. The number of piperidine rings is 1. The van der Waals surface area contributed by atoms with Crippen LogP contribution < -0.4 is 5.32 Å². The highest BCUT2D eigenvalue weighted by Crippen LogP contribution is 2.34. The molecule has 1 aromatic heterocycles. The summed E-state index contributed by atoms with van der Waals surface area (Å²) in [5, 5.41) is 15.2. The summed E-state index contributed by atoms with van der Waals surface area (Å²) in [5.74, 6) is 0.784. The third-order valence-electron chi connectivity index (χ3n) is 4.48. The second kappa shape index (κ2) is 7.89. The number of likely N-dealkylation sites (N-methyl/N-ethyl adjacent to an activating group) is 1. The number of aromatic nitrogens is 4. The van der Waals surface area contributed by atoms with Crippen LogP contribution in [0.15, 0.2) is 0 Å². The Morgan fingerprint density at radius 2 is 2.21 bits per heavy atom. The lowest BCUT2D eigenvalue weighted by Gasteiger charge is -2.45. The minimum atomic E-state index is -0.399. The first kappa shape index (κ1) is 18.6. The van der Waals surface area contributed by atoms with Gasteiger partial charge in [-0.15, -0.1) is 5.10 Å². The van der Waals surface area contributed by atoms with Crippen molar-refractivity contribution in [1.82, 2.24) is 35.3 Å². The number of nitrogens with one attached hydrogen (secondary N) is 1. The number of tetrazole rings is 1. The summed E-state index contributed by atoms with van der Waals surface area (Å²) in [5.41, 5.74) is -0.399. The van der Waals surface area contributed by atoms with Crippen LogP contribution in [0.25, 0.3) is 0 Å². The van der Waals surface area contributed by atoms with E-state index in [9.17, 15) is 4.79 Å². The molecule has 2 rings (SSSR count). The summed E-state index contributed by atoms with van der Waals surface area (Å²) in [4.78, 5) is 16.4. The molecule has 1 aromatic rings. The largest absolute Gasteiger partial charge is 0.383 e. The highest BCUT2D eigenvalue weighted by molar-refractivity contribution is 5.74. The topological polar surface area (TPSA) is 88.4 Å². The van der Waals surface area contributed by atoms with Crippen molar-refractivity contribution in [1.29, 1.82) is 0 Å². The van der Waals surface area contributed by atoms with Crippen LogP contribution in [0, 0.1) is 0 Å². The highest BCUT2D eigenvalue weighted by atomic mass is 16.5. The van der Waals surface area contributed by atoms with Crippen molar-refractivity contribution in [2.45, 2.75) is 44.8 Å². The SMILES string of the molecule is COCCn1nnnc1C1(N(C)C)CCCN(C(=O)NC(C)C)C1. The quantitative estimate of drug-likeness (QED) is 0.801. The van der Waals surface area contributed by atoms with Gasteiger partial charge in [-0.25, -0.2) is 9.48 Å². The van der Waals surface area contributed by atoms with Crippen LogP contribution in [-0.2, 0) is 16.8 Å². The van der Waals surface area contributed by atoms with Crippen LogP contribution >= 0.6 is 0 Å². The molecular weight excluding hydrogens is 310 g/mol. The molecular formula is C15H29N7O2. The molecule has 1 N–H and O–H groups in total. The van der Waals surface area contributed by atoms with E-state index in [4.69, 9.17) is 4.74 Å². The van der Waals surface area contributed by atoms with E-state index in [1.165, 1.54) is 0 Å². The highest BCUT2D eigenvalue weighted by Gasteiger charge is 2.44. The Labute approximate surface area is 143 Å². The molecule has 1 unspecified atom stereocenters. The molecule has 24 heavy (non-hydrogen) atoms. The Morgan fingerprint density at radius 3 is 2.83 bits per heavy atom. The molecule has 9 heteroatoms. The first-order valence-corrected chi connectivity index (χ1v) is 8.39. The molecule has 2 heterocycles. The monoisotopic (exact) mass is 339 g/mol. The van der Waals surface area contributed by atoms with Crippen molar-refractivity contribution >= 4 is 6.03 Å². The summed E-state index contributed by atoms with van der Waals surface area (Å²) in [6, 6.07) is 0.0760. The average molecular weight is 339 g/mol. The fraction of sp³-hybridized carbons (Fsp3) is 0.867. The lowest BCUT2D eigenvalue weighted by atomic mass is 9.86. The van der Waals surface area contributed by atoms with Crippen molar-refractivity contribution in [3.05, 3.63) is 5.82 Å². The molecule has 136 valence electrons. The lowest BCUT2D eigenvalue weighted by Crippen LogP contribution is -2.58. The molecule has 0 aromatic carbocycles. The van der Waals surface area contributed by atoms with E-state index in [1.807, 2.05) is 32.8 Å². The van der Waals surface area contributed by atoms with E-state index in [0.29, 0.717) is 19.7 Å². The Hall–Kier alpha value is -1.74. The minimum absolute atomic E-state index is 0.0353. The van der Waals surface area contributed by atoms with Gasteiger partial charge in [0.1, 0.15) is 5.54 Å². The molecule has 0 saturated carbocycles. The number of urea groups is 1.